The number of amides is 1. The predicted octanol–water partition coefficient (Wildman–Crippen LogP) is 2.80. The molecule has 2 aromatic rings. The molecule has 0 aliphatic carbocycles. The Labute approximate surface area is 165 Å². The third kappa shape index (κ3) is 7.19. The van der Waals surface area contributed by atoms with Gasteiger partial charge in [0.25, 0.3) is 5.91 Å². The Morgan fingerprint density at radius 2 is 1.96 bits per heavy atom. The van der Waals surface area contributed by atoms with E-state index in [9.17, 15) is 4.79 Å². The predicted molar refractivity (Wildman–Crippen MR) is 109 cm³/mol. The van der Waals surface area contributed by atoms with Crippen LogP contribution in [0.25, 0.3) is 0 Å². The van der Waals surface area contributed by atoms with Gasteiger partial charge in [-0.15, -0.1) is 0 Å². The van der Waals surface area contributed by atoms with Crippen molar-refractivity contribution in [3.05, 3.63) is 64.7 Å². The smallest absolute Gasteiger partial charge is 0.255 e. The number of nitrogens with two attached hydrogens (primary N) is 1. The minimum atomic E-state index is -0.503. The van der Waals surface area contributed by atoms with Crippen LogP contribution in [0.4, 0.5) is 0 Å². The number of nitrogens with one attached hydrogen (secondary N) is 1. The molecular weight excluding hydrogens is 364 g/mol. The highest BCUT2D eigenvalue weighted by molar-refractivity contribution is 6.30. The Bertz CT molecular complexity index is 778. The highest BCUT2D eigenvalue weighted by atomic mass is 35.5. The molecule has 0 radical (unpaired) electrons. The summed E-state index contributed by atoms with van der Waals surface area (Å²) in [6.45, 7) is 3.86. The number of nitrogens with zero attached hydrogens (tertiary/aromatic N) is 2. The molecule has 2 rings (SSSR count). The summed E-state index contributed by atoms with van der Waals surface area (Å²) in [6, 6.07) is 15.2. The van der Waals surface area contributed by atoms with Crippen molar-refractivity contribution in [3.8, 4) is 5.75 Å². The fourth-order valence-corrected chi connectivity index (χ4v) is 2.59. The Hall–Kier alpha value is -2.73. The van der Waals surface area contributed by atoms with Crippen LogP contribution in [0, 0.1) is 0 Å². The van der Waals surface area contributed by atoms with E-state index >= 15 is 0 Å². The van der Waals surface area contributed by atoms with Crippen molar-refractivity contribution in [1.82, 2.24) is 10.2 Å². The Morgan fingerprint density at radius 1 is 1.22 bits per heavy atom. The third-order valence-corrected chi connectivity index (χ3v) is 3.97. The molecule has 27 heavy (non-hydrogen) atoms. The monoisotopic (exact) mass is 388 g/mol. The summed E-state index contributed by atoms with van der Waals surface area (Å²) in [4.78, 5) is 17.6. The Morgan fingerprint density at radius 3 is 2.63 bits per heavy atom. The zero-order valence-corrected chi connectivity index (χ0v) is 16.4. The van der Waals surface area contributed by atoms with Gasteiger partial charge in [-0.2, -0.15) is 0 Å². The average Bonchev–Trinajstić information content (AvgIpc) is 2.65. The fraction of sp³-hybridized carbons (Fsp3) is 0.300. The lowest BCUT2D eigenvalue weighted by Gasteiger charge is -2.22. The maximum Gasteiger partial charge on any atom is 0.255 e. The van der Waals surface area contributed by atoms with E-state index < -0.39 is 5.91 Å². The summed E-state index contributed by atoms with van der Waals surface area (Å²) in [7, 11) is 1.99. The van der Waals surface area contributed by atoms with E-state index in [-0.39, 0.29) is 6.61 Å². The zero-order valence-electron chi connectivity index (χ0n) is 15.6. The highest BCUT2D eigenvalue weighted by Crippen LogP contribution is 2.15. The SMILES string of the molecule is CCNC(=NCc1cccc(OCC(N)=O)c1)N(C)Cc1ccc(Cl)cc1. The molecule has 0 saturated heterocycles. The first-order valence-corrected chi connectivity index (χ1v) is 9.09. The maximum atomic E-state index is 10.8. The van der Waals surface area contributed by atoms with E-state index in [1.807, 2.05) is 56.4 Å². The summed E-state index contributed by atoms with van der Waals surface area (Å²) < 4.78 is 5.34. The number of primary amides is 1. The first-order valence-electron chi connectivity index (χ1n) is 8.72. The molecule has 0 aromatic heterocycles. The zero-order chi connectivity index (χ0) is 19.6. The molecule has 0 atom stereocenters. The number of benzene rings is 2. The number of halogens is 1. The van der Waals surface area contributed by atoms with Gasteiger partial charge in [-0.25, -0.2) is 4.99 Å². The molecule has 3 N–H and O–H groups in total. The molecule has 6 nitrogen and oxygen atoms in total. The van der Waals surface area contributed by atoms with Gasteiger partial charge in [0, 0.05) is 25.2 Å². The van der Waals surface area contributed by atoms with Crippen LogP contribution < -0.4 is 15.8 Å². The van der Waals surface area contributed by atoms with Crippen LogP contribution in [0.15, 0.2) is 53.5 Å². The van der Waals surface area contributed by atoms with E-state index in [1.165, 1.54) is 0 Å². The summed E-state index contributed by atoms with van der Waals surface area (Å²) in [5.74, 6) is 0.897. The van der Waals surface area contributed by atoms with Gasteiger partial charge in [-0.1, -0.05) is 35.9 Å². The lowest BCUT2D eigenvalue weighted by atomic mass is 10.2. The molecule has 7 heteroatoms. The minimum Gasteiger partial charge on any atom is -0.484 e. The lowest BCUT2D eigenvalue weighted by Crippen LogP contribution is -2.38. The third-order valence-electron chi connectivity index (χ3n) is 3.72. The van der Waals surface area contributed by atoms with Crippen molar-refractivity contribution in [1.29, 1.82) is 0 Å². The second kappa shape index (κ2) is 10.4. The molecule has 0 aliphatic heterocycles. The number of carbonyl (C=O) groups is 1. The van der Waals surface area contributed by atoms with Crippen molar-refractivity contribution in [2.75, 3.05) is 20.2 Å². The van der Waals surface area contributed by atoms with Gasteiger partial charge in [0.2, 0.25) is 0 Å². The Kier molecular flexibility index (Phi) is 7.95. The highest BCUT2D eigenvalue weighted by Gasteiger charge is 2.07. The normalized spacial score (nSPS) is 11.1. The van der Waals surface area contributed by atoms with Gasteiger partial charge < -0.3 is 20.7 Å². The molecule has 0 saturated carbocycles. The summed E-state index contributed by atoms with van der Waals surface area (Å²) >= 11 is 5.95. The maximum absolute atomic E-state index is 10.8. The molecule has 1 amide bonds. The molecule has 144 valence electrons. The molecule has 0 spiro atoms. The van der Waals surface area contributed by atoms with Crippen LogP contribution in [0.2, 0.25) is 5.02 Å². The number of rotatable bonds is 8. The fourth-order valence-electron chi connectivity index (χ4n) is 2.46. The number of hydrogen-bond donors (Lipinski definition) is 2. The Balaban J connectivity index is 2.04. The molecule has 0 aliphatic rings. The van der Waals surface area contributed by atoms with Gasteiger partial charge >= 0.3 is 0 Å². The van der Waals surface area contributed by atoms with Crippen LogP contribution >= 0.6 is 11.6 Å². The van der Waals surface area contributed by atoms with Crippen molar-refractivity contribution in [3.63, 3.8) is 0 Å². The first-order chi connectivity index (χ1) is 13.0. The second-order valence-corrected chi connectivity index (χ2v) is 6.49. The van der Waals surface area contributed by atoms with Crippen LogP contribution in [0.3, 0.4) is 0 Å². The number of ether oxygens (including phenoxy) is 1. The topological polar surface area (TPSA) is 80.0 Å². The van der Waals surface area contributed by atoms with Gasteiger partial charge in [0.1, 0.15) is 5.75 Å². The largest absolute Gasteiger partial charge is 0.484 e. The minimum absolute atomic E-state index is 0.140. The molecule has 0 fully saturated rings. The van der Waals surface area contributed by atoms with E-state index in [0.29, 0.717) is 18.8 Å². The van der Waals surface area contributed by atoms with Gasteiger partial charge in [-0.05, 0) is 42.3 Å². The van der Waals surface area contributed by atoms with Gasteiger partial charge in [-0.3, -0.25) is 4.79 Å². The summed E-state index contributed by atoms with van der Waals surface area (Å²) in [6.07, 6.45) is 0. The summed E-state index contributed by atoms with van der Waals surface area (Å²) in [5, 5.41) is 4.02. The van der Waals surface area contributed by atoms with Gasteiger partial charge in [0.15, 0.2) is 12.6 Å². The van der Waals surface area contributed by atoms with Crippen LogP contribution in [-0.2, 0) is 17.9 Å². The molecule has 0 heterocycles. The summed E-state index contributed by atoms with van der Waals surface area (Å²) in [5.41, 5.74) is 7.23. The second-order valence-electron chi connectivity index (χ2n) is 6.06. The van der Waals surface area contributed by atoms with Crippen molar-refractivity contribution < 1.29 is 9.53 Å². The van der Waals surface area contributed by atoms with Crippen molar-refractivity contribution in [2.45, 2.75) is 20.0 Å². The first kappa shape index (κ1) is 20.6. The van der Waals surface area contributed by atoms with Gasteiger partial charge in [0.05, 0.1) is 6.54 Å². The van der Waals surface area contributed by atoms with Crippen LogP contribution in [-0.4, -0.2) is 37.0 Å². The van der Waals surface area contributed by atoms with E-state index in [2.05, 4.69) is 10.2 Å². The van der Waals surface area contributed by atoms with Crippen molar-refractivity contribution >= 4 is 23.5 Å². The van der Waals surface area contributed by atoms with E-state index in [4.69, 9.17) is 27.1 Å². The van der Waals surface area contributed by atoms with Crippen molar-refractivity contribution in [2.24, 2.45) is 10.7 Å². The lowest BCUT2D eigenvalue weighted by molar-refractivity contribution is -0.119. The van der Waals surface area contributed by atoms with Crippen LogP contribution in [0.1, 0.15) is 18.1 Å². The molecular formula is C20H25ClN4O2. The number of aliphatic imine (C=N–C) groups is 1. The molecule has 0 unspecified atom stereocenters. The number of carbonyl (C=O) groups excluding carboxylic acids is 1. The van der Waals surface area contributed by atoms with Crippen LogP contribution in [0.5, 0.6) is 5.75 Å². The quantitative estimate of drug-likeness (QED) is 0.538. The molecule has 0 bridgehead atoms. The molecule has 2 aromatic carbocycles. The van der Waals surface area contributed by atoms with E-state index in [0.717, 1.165) is 28.7 Å². The van der Waals surface area contributed by atoms with E-state index in [1.54, 1.807) is 6.07 Å². The average molecular weight is 389 g/mol. The number of hydrogen-bond acceptors (Lipinski definition) is 3. The number of guanidine groups is 1. The standard InChI is InChI=1S/C20H25ClN4O2/c1-3-23-20(25(2)13-15-7-9-17(21)10-8-15)24-12-16-5-4-6-18(11-16)27-14-19(22)26/h4-11H,3,12-14H2,1-2H3,(H2,22,26)(H,23,24).